The minimum absolute atomic E-state index is 0.577. The molecule has 1 N–H and O–H groups in total. The van der Waals surface area contributed by atoms with Gasteiger partial charge in [-0.05, 0) is 38.8 Å². The quantitative estimate of drug-likeness (QED) is 0.500. The average molecular weight is 322 g/mol. The molecule has 0 aromatic heterocycles. The van der Waals surface area contributed by atoms with E-state index < -0.39 is 10.2 Å². The van der Waals surface area contributed by atoms with Crippen LogP contribution in [0.5, 0.6) is 0 Å². The van der Waals surface area contributed by atoms with Gasteiger partial charge in [-0.3, -0.25) is 0 Å². The lowest BCUT2D eigenvalue weighted by molar-refractivity contribution is 0.346. The minimum atomic E-state index is -3.30. The van der Waals surface area contributed by atoms with Gasteiger partial charge >= 0.3 is 0 Å². The van der Waals surface area contributed by atoms with Crippen LogP contribution in [0.2, 0.25) is 0 Å². The number of nitrogens with zero attached hydrogens (tertiary/aromatic N) is 2. The van der Waals surface area contributed by atoms with Crippen molar-refractivity contribution in [2.75, 3.05) is 39.8 Å². The van der Waals surface area contributed by atoms with Crippen LogP contribution < -0.4 is 5.32 Å². The lowest BCUT2D eigenvalue weighted by Gasteiger charge is -2.27. The Labute approximate surface area is 132 Å². The summed E-state index contributed by atoms with van der Waals surface area (Å²) in [5, 5.41) is 3.30. The standard InChI is InChI=1S/C15H35N3O2S/c1-5-8-14-18(15-9-6-2)21(19,20)17(4)13-10-12-16-11-7-3/h16H,5-15H2,1-4H3. The highest BCUT2D eigenvalue weighted by molar-refractivity contribution is 7.86. The number of nitrogens with one attached hydrogen (secondary N) is 1. The smallest absolute Gasteiger partial charge is 0.281 e. The van der Waals surface area contributed by atoms with E-state index in [4.69, 9.17) is 0 Å². The SMILES string of the molecule is CCCCN(CCCC)S(=O)(=O)N(C)CCCNCCC. The van der Waals surface area contributed by atoms with Crippen LogP contribution in [0.15, 0.2) is 0 Å². The molecule has 0 amide bonds. The molecule has 0 saturated carbocycles. The van der Waals surface area contributed by atoms with Gasteiger partial charge in [0.25, 0.3) is 10.2 Å². The molecule has 0 fully saturated rings. The van der Waals surface area contributed by atoms with Crippen LogP contribution in [0.4, 0.5) is 0 Å². The maximum Gasteiger partial charge on any atom is 0.281 e. The molecule has 0 aliphatic rings. The van der Waals surface area contributed by atoms with Crippen LogP contribution >= 0.6 is 0 Å². The van der Waals surface area contributed by atoms with Crippen molar-refractivity contribution in [2.45, 2.75) is 59.3 Å². The van der Waals surface area contributed by atoms with Gasteiger partial charge in [0.1, 0.15) is 0 Å². The second kappa shape index (κ2) is 12.4. The van der Waals surface area contributed by atoms with Crippen molar-refractivity contribution in [3.63, 3.8) is 0 Å². The highest BCUT2D eigenvalue weighted by Crippen LogP contribution is 2.10. The molecule has 0 aromatic rings. The van der Waals surface area contributed by atoms with Gasteiger partial charge in [-0.1, -0.05) is 33.6 Å². The van der Waals surface area contributed by atoms with Gasteiger partial charge < -0.3 is 5.32 Å². The molecule has 0 bridgehead atoms. The normalized spacial score (nSPS) is 12.5. The van der Waals surface area contributed by atoms with Crippen LogP contribution in [0.25, 0.3) is 0 Å². The maximum absolute atomic E-state index is 12.6. The van der Waals surface area contributed by atoms with Crippen molar-refractivity contribution in [3.05, 3.63) is 0 Å². The molecule has 0 saturated heterocycles. The molecule has 0 radical (unpaired) electrons. The molecule has 0 aromatic carbocycles. The van der Waals surface area contributed by atoms with Crippen LogP contribution in [-0.2, 0) is 10.2 Å². The maximum atomic E-state index is 12.6. The van der Waals surface area contributed by atoms with Gasteiger partial charge in [0.05, 0.1) is 0 Å². The lowest BCUT2D eigenvalue weighted by atomic mass is 10.3. The predicted molar refractivity (Wildman–Crippen MR) is 90.7 cm³/mol. The van der Waals surface area contributed by atoms with Gasteiger partial charge in [0.15, 0.2) is 0 Å². The Morgan fingerprint density at radius 1 is 0.810 bits per heavy atom. The first-order valence-electron chi connectivity index (χ1n) is 8.42. The summed E-state index contributed by atoms with van der Waals surface area (Å²) in [5.74, 6) is 0. The summed E-state index contributed by atoms with van der Waals surface area (Å²) >= 11 is 0. The molecule has 0 aliphatic heterocycles. The van der Waals surface area contributed by atoms with E-state index >= 15 is 0 Å². The molecular formula is C15H35N3O2S. The molecule has 0 heterocycles. The van der Waals surface area contributed by atoms with Gasteiger partial charge in [-0.25, -0.2) is 0 Å². The highest BCUT2D eigenvalue weighted by Gasteiger charge is 2.25. The van der Waals surface area contributed by atoms with E-state index in [1.54, 1.807) is 11.4 Å². The fourth-order valence-electron chi connectivity index (χ4n) is 2.05. The summed E-state index contributed by atoms with van der Waals surface area (Å²) in [4.78, 5) is 0. The molecule has 0 aliphatic carbocycles. The number of unbranched alkanes of at least 4 members (excludes halogenated alkanes) is 2. The third-order valence-electron chi connectivity index (χ3n) is 3.50. The van der Waals surface area contributed by atoms with Gasteiger partial charge in [0.2, 0.25) is 0 Å². The minimum Gasteiger partial charge on any atom is -0.317 e. The summed E-state index contributed by atoms with van der Waals surface area (Å²) in [6, 6.07) is 0. The van der Waals surface area contributed by atoms with E-state index in [0.29, 0.717) is 19.6 Å². The highest BCUT2D eigenvalue weighted by atomic mass is 32.2. The number of hydrogen-bond donors (Lipinski definition) is 1. The molecule has 0 unspecified atom stereocenters. The number of hydrogen-bond acceptors (Lipinski definition) is 3. The fourth-order valence-corrected chi connectivity index (χ4v) is 3.53. The summed E-state index contributed by atoms with van der Waals surface area (Å²) in [6.45, 7) is 10.0. The first kappa shape index (κ1) is 20.8. The van der Waals surface area contributed by atoms with E-state index in [1.807, 2.05) is 0 Å². The zero-order chi connectivity index (χ0) is 16.1. The Hall–Kier alpha value is -0.170. The third-order valence-corrected chi connectivity index (χ3v) is 5.48. The molecule has 6 heteroatoms. The van der Waals surface area contributed by atoms with E-state index in [9.17, 15) is 8.42 Å². The number of rotatable bonds is 14. The Morgan fingerprint density at radius 3 is 1.86 bits per heavy atom. The van der Waals surface area contributed by atoms with Crippen molar-refractivity contribution in [2.24, 2.45) is 0 Å². The van der Waals surface area contributed by atoms with Gasteiger partial charge in [-0.2, -0.15) is 17.0 Å². The topological polar surface area (TPSA) is 52.7 Å². The molecule has 0 atom stereocenters. The van der Waals surface area contributed by atoms with E-state index in [0.717, 1.165) is 51.6 Å². The van der Waals surface area contributed by atoms with Crippen molar-refractivity contribution >= 4 is 10.2 Å². The van der Waals surface area contributed by atoms with Crippen molar-refractivity contribution in [1.82, 2.24) is 13.9 Å². The summed E-state index contributed by atoms with van der Waals surface area (Å²) in [5.41, 5.74) is 0. The molecule has 0 rings (SSSR count). The van der Waals surface area contributed by atoms with Crippen LogP contribution in [0, 0.1) is 0 Å². The Balaban J connectivity index is 4.40. The second-order valence-electron chi connectivity index (χ2n) is 5.54. The zero-order valence-corrected chi connectivity index (χ0v) is 15.2. The lowest BCUT2D eigenvalue weighted by Crippen LogP contribution is -2.43. The molecule has 0 spiro atoms. The average Bonchev–Trinajstić information content (AvgIpc) is 2.46. The first-order chi connectivity index (χ1) is 10.0. The predicted octanol–water partition coefficient (Wildman–Crippen LogP) is 2.45. The van der Waals surface area contributed by atoms with E-state index in [2.05, 4.69) is 26.1 Å². The third kappa shape index (κ3) is 8.76. The van der Waals surface area contributed by atoms with E-state index in [1.165, 1.54) is 4.31 Å². The van der Waals surface area contributed by atoms with Crippen LogP contribution in [0.1, 0.15) is 59.3 Å². The van der Waals surface area contributed by atoms with Crippen molar-refractivity contribution in [1.29, 1.82) is 0 Å². The first-order valence-corrected chi connectivity index (χ1v) is 9.82. The van der Waals surface area contributed by atoms with Crippen LogP contribution in [-0.4, -0.2) is 56.8 Å². The summed E-state index contributed by atoms with van der Waals surface area (Å²) in [7, 11) is -1.60. The summed E-state index contributed by atoms with van der Waals surface area (Å²) in [6.07, 6.45) is 5.84. The largest absolute Gasteiger partial charge is 0.317 e. The zero-order valence-electron chi connectivity index (χ0n) is 14.4. The van der Waals surface area contributed by atoms with Gasteiger partial charge in [-0.15, -0.1) is 0 Å². The Kier molecular flexibility index (Phi) is 12.3. The summed E-state index contributed by atoms with van der Waals surface area (Å²) < 4.78 is 28.3. The van der Waals surface area contributed by atoms with Crippen molar-refractivity contribution in [3.8, 4) is 0 Å². The molecule has 21 heavy (non-hydrogen) atoms. The molecule has 5 nitrogen and oxygen atoms in total. The Bertz CT molecular complexity index is 326. The fraction of sp³-hybridized carbons (Fsp3) is 1.00. The Morgan fingerprint density at radius 2 is 1.38 bits per heavy atom. The molecule has 128 valence electrons. The van der Waals surface area contributed by atoms with Crippen LogP contribution in [0.3, 0.4) is 0 Å². The van der Waals surface area contributed by atoms with E-state index in [-0.39, 0.29) is 0 Å². The van der Waals surface area contributed by atoms with Gasteiger partial charge in [0, 0.05) is 26.7 Å². The second-order valence-corrected chi connectivity index (χ2v) is 7.57. The monoisotopic (exact) mass is 321 g/mol. The molecular weight excluding hydrogens is 286 g/mol. The van der Waals surface area contributed by atoms with Crippen molar-refractivity contribution < 1.29 is 8.42 Å².